The van der Waals surface area contributed by atoms with Crippen molar-refractivity contribution in [2.45, 2.75) is 25.8 Å². The number of hydrogen-bond acceptors (Lipinski definition) is 3. The third kappa shape index (κ3) is 2.74. The number of benzene rings is 1. The zero-order valence-electron chi connectivity index (χ0n) is 12.9. The highest BCUT2D eigenvalue weighted by atomic mass is 15.3. The van der Waals surface area contributed by atoms with Crippen LogP contribution in [0, 0.1) is 6.92 Å². The minimum atomic E-state index is 0.271. The summed E-state index contributed by atoms with van der Waals surface area (Å²) in [5.74, 6) is 0. The molecule has 0 saturated heterocycles. The number of fused-ring (bicyclic) bond motifs is 1. The lowest BCUT2D eigenvalue weighted by molar-refractivity contribution is 0.211. The van der Waals surface area contributed by atoms with Crippen molar-refractivity contribution in [2.24, 2.45) is 12.8 Å². The first-order valence-corrected chi connectivity index (χ1v) is 7.70. The van der Waals surface area contributed by atoms with Crippen molar-refractivity contribution in [1.82, 2.24) is 14.7 Å². The molecule has 112 valence electrons. The number of aryl methyl sites for hydroxylation is 1. The molecule has 1 aliphatic heterocycles. The first-order chi connectivity index (χ1) is 10.2. The van der Waals surface area contributed by atoms with Crippen LogP contribution in [-0.4, -0.2) is 34.3 Å². The maximum Gasteiger partial charge on any atom is 0.0540 e. The van der Waals surface area contributed by atoms with Crippen LogP contribution in [0.3, 0.4) is 0 Å². The van der Waals surface area contributed by atoms with Gasteiger partial charge in [0.2, 0.25) is 0 Å². The Bertz CT molecular complexity index is 590. The molecule has 1 aromatic heterocycles. The van der Waals surface area contributed by atoms with E-state index < -0.39 is 0 Å². The molecule has 0 radical (unpaired) electrons. The molecule has 0 aliphatic carbocycles. The highest BCUT2D eigenvalue weighted by Crippen LogP contribution is 2.25. The molecule has 0 amide bonds. The number of nitrogens with zero attached hydrogens (tertiary/aromatic N) is 3. The summed E-state index contributed by atoms with van der Waals surface area (Å²) in [6.45, 7) is 4.89. The fourth-order valence-corrected chi connectivity index (χ4v) is 3.31. The average molecular weight is 284 g/mol. The Morgan fingerprint density at radius 3 is 2.29 bits per heavy atom. The standard InChI is InChI=1S/C17H24N4/c1-13-16(12-19-20(13)2)17(11-18)21-9-7-14-5-3-4-6-15(14)8-10-21/h3-6,12,17H,7-11,18H2,1-2H3. The van der Waals surface area contributed by atoms with E-state index >= 15 is 0 Å². The number of rotatable bonds is 3. The Hall–Kier alpha value is -1.65. The zero-order valence-corrected chi connectivity index (χ0v) is 12.9. The average Bonchev–Trinajstić information content (AvgIpc) is 2.73. The van der Waals surface area contributed by atoms with E-state index in [1.807, 2.05) is 17.9 Å². The highest BCUT2D eigenvalue weighted by molar-refractivity contribution is 5.29. The predicted octanol–water partition coefficient (Wildman–Crippen LogP) is 1.83. The molecule has 2 aromatic rings. The Kier molecular flexibility index (Phi) is 4.08. The van der Waals surface area contributed by atoms with Crippen molar-refractivity contribution in [2.75, 3.05) is 19.6 Å². The third-order valence-corrected chi connectivity index (χ3v) is 4.75. The van der Waals surface area contributed by atoms with Crippen molar-refractivity contribution in [3.63, 3.8) is 0 Å². The van der Waals surface area contributed by atoms with Crippen LogP contribution in [0.5, 0.6) is 0 Å². The van der Waals surface area contributed by atoms with E-state index in [2.05, 4.69) is 41.2 Å². The van der Waals surface area contributed by atoms with Crippen LogP contribution >= 0.6 is 0 Å². The van der Waals surface area contributed by atoms with Crippen molar-refractivity contribution < 1.29 is 0 Å². The lowest BCUT2D eigenvalue weighted by Crippen LogP contribution is -2.36. The summed E-state index contributed by atoms with van der Waals surface area (Å²) >= 11 is 0. The molecule has 2 heterocycles. The van der Waals surface area contributed by atoms with Crippen LogP contribution in [0.15, 0.2) is 30.5 Å². The maximum atomic E-state index is 6.09. The Balaban J connectivity index is 1.82. The van der Waals surface area contributed by atoms with Crippen molar-refractivity contribution in [3.05, 3.63) is 52.8 Å². The van der Waals surface area contributed by atoms with E-state index in [0.717, 1.165) is 25.9 Å². The van der Waals surface area contributed by atoms with E-state index in [0.29, 0.717) is 6.54 Å². The van der Waals surface area contributed by atoms with Gasteiger partial charge in [0.05, 0.1) is 12.2 Å². The summed E-state index contributed by atoms with van der Waals surface area (Å²) in [6, 6.07) is 9.06. The van der Waals surface area contributed by atoms with E-state index in [1.165, 1.54) is 22.4 Å². The first kappa shape index (κ1) is 14.3. The molecular formula is C17H24N4. The van der Waals surface area contributed by atoms with Gasteiger partial charge in [-0.25, -0.2) is 0 Å². The molecule has 0 saturated carbocycles. The van der Waals surface area contributed by atoms with Gasteiger partial charge < -0.3 is 5.73 Å². The molecule has 21 heavy (non-hydrogen) atoms. The van der Waals surface area contributed by atoms with Gasteiger partial charge in [-0.1, -0.05) is 24.3 Å². The smallest absolute Gasteiger partial charge is 0.0540 e. The minimum Gasteiger partial charge on any atom is -0.329 e. The predicted molar refractivity (Wildman–Crippen MR) is 85.2 cm³/mol. The number of aromatic nitrogens is 2. The zero-order chi connectivity index (χ0) is 14.8. The highest BCUT2D eigenvalue weighted by Gasteiger charge is 2.24. The summed E-state index contributed by atoms with van der Waals surface area (Å²) in [6.07, 6.45) is 4.18. The van der Waals surface area contributed by atoms with Gasteiger partial charge >= 0.3 is 0 Å². The van der Waals surface area contributed by atoms with Gasteiger partial charge in [0.1, 0.15) is 0 Å². The van der Waals surface area contributed by atoms with E-state index in [9.17, 15) is 0 Å². The van der Waals surface area contributed by atoms with Gasteiger partial charge in [0, 0.05) is 37.9 Å². The molecule has 0 fully saturated rings. The quantitative estimate of drug-likeness (QED) is 0.935. The van der Waals surface area contributed by atoms with Gasteiger partial charge in [0.25, 0.3) is 0 Å². The van der Waals surface area contributed by atoms with Crippen molar-refractivity contribution >= 4 is 0 Å². The minimum absolute atomic E-state index is 0.271. The van der Waals surface area contributed by atoms with Crippen LogP contribution in [0.1, 0.15) is 28.4 Å². The van der Waals surface area contributed by atoms with Crippen LogP contribution in [0.25, 0.3) is 0 Å². The fraction of sp³-hybridized carbons (Fsp3) is 0.471. The molecule has 0 spiro atoms. The Morgan fingerprint density at radius 2 is 1.81 bits per heavy atom. The van der Waals surface area contributed by atoms with Crippen LogP contribution < -0.4 is 5.73 Å². The number of nitrogens with two attached hydrogens (primary N) is 1. The van der Waals surface area contributed by atoms with Crippen molar-refractivity contribution in [1.29, 1.82) is 0 Å². The lowest BCUT2D eigenvalue weighted by Gasteiger charge is -2.29. The summed E-state index contributed by atoms with van der Waals surface area (Å²) in [7, 11) is 1.99. The Morgan fingerprint density at radius 1 is 1.19 bits per heavy atom. The lowest BCUT2D eigenvalue weighted by atomic mass is 10.0. The van der Waals surface area contributed by atoms with Gasteiger partial charge in [0.15, 0.2) is 0 Å². The maximum absolute atomic E-state index is 6.09. The second-order valence-electron chi connectivity index (χ2n) is 5.87. The monoisotopic (exact) mass is 284 g/mol. The molecule has 4 nitrogen and oxygen atoms in total. The van der Waals surface area contributed by atoms with E-state index in [1.54, 1.807) is 0 Å². The van der Waals surface area contributed by atoms with Crippen molar-refractivity contribution in [3.8, 4) is 0 Å². The number of hydrogen-bond donors (Lipinski definition) is 1. The molecule has 4 heteroatoms. The topological polar surface area (TPSA) is 47.1 Å². The van der Waals surface area contributed by atoms with Gasteiger partial charge in [-0.2, -0.15) is 5.10 Å². The second kappa shape index (κ2) is 6.00. The molecule has 1 aromatic carbocycles. The Labute approximate surface area is 126 Å². The van der Waals surface area contributed by atoms with Gasteiger partial charge in [-0.15, -0.1) is 0 Å². The van der Waals surface area contributed by atoms with E-state index in [4.69, 9.17) is 5.73 Å². The van der Waals surface area contributed by atoms with Crippen LogP contribution in [0.2, 0.25) is 0 Å². The van der Waals surface area contributed by atoms with Crippen LogP contribution in [-0.2, 0) is 19.9 Å². The molecule has 0 bridgehead atoms. The molecule has 1 aliphatic rings. The fourth-order valence-electron chi connectivity index (χ4n) is 3.31. The van der Waals surface area contributed by atoms with E-state index in [-0.39, 0.29) is 6.04 Å². The largest absolute Gasteiger partial charge is 0.329 e. The first-order valence-electron chi connectivity index (χ1n) is 7.70. The molecular weight excluding hydrogens is 260 g/mol. The van der Waals surface area contributed by atoms with Crippen LogP contribution in [0.4, 0.5) is 0 Å². The SMILES string of the molecule is Cc1c(C(CN)N2CCc3ccccc3CC2)cnn1C. The normalized spacial score (nSPS) is 17.3. The summed E-state index contributed by atoms with van der Waals surface area (Å²) in [5, 5.41) is 4.38. The van der Waals surface area contributed by atoms with Gasteiger partial charge in [-0.3, -0.25) is 9.58 Å². The summed E-state index contributed by atoms with van der Waals surface area (Å²) < 4.78 is 1.94. The molecule has 3 rings (SSSR count). The molecule has 1 atom stereocenters. The molecule has 2 N–H and O–H groups in total. The summed E-state index contributed by atoms with van der Waals surface area (Å²) in [4.78, 5) is 2.52. The third-order valence-electron chi connectivity index (χ3n) is 4.75. The second-order valence-corrected chi connectivity index (χ2v) is 5.87. The van der Waals surface area contributed by atoms with Gasteiger partial charge in [-0.05, 0) is 30.9 Å². The summed E-state index contributed by atoms with van der Waals surface area (Å²) in [5.41, 5.74) is 11.5. The molecule has 1 unspecified atom stereocenters.